The number of rotatable bonds is 3. The number of carbonyl (C=O) groups excluding carboxylic acids is 1. The normalized spacial score (nSPS) is 44.6. The number of carboxylic acids is 1. The van der Waals surface area contributed by atoms with Crippen molar-refractivity contribution >= 4 is 12.0 Å². The fourth-order valence-corrected chi connectivity index (χ4v) is 6.14. The quantitative estimate of drug-likeness (QED) is 0.733. The summed E-state index contributed by atoms with van der Waals surface area (Å²) in [6.45, 7) is 0.776. The molecule has 4 bridgehead atoms. The largest absolute Gasteiger partial charge is 0.480 e. The van der Waals surface area contributed by atoms with Gasteiger partial charge in [0.25, 0.3) is 0 Å². The first-order valence-corrected chi connectivity index (χ1v) is 8.89. The predicted octanol–water partition coefficient (Wildman–Crippen LogP) is 1.43. The van der Waals surface area contributed by atoms with E-state index in [4.69, 9.17) is 0 Å². The maximum Gasteiger partial charge on any atom is 0.326 e. The Morgan fingerprint density at radius 2 is 1.61 bits per heavy atom. The fraction of sp³-hybridized carbons (Fsp3) is 0.882. The second-order valence-corrected chi connectivity index (χ2v) is 8.47. The van der Waals surface area contributed by atoms with Gasteiger partial charge in [-0.05, 0) is 61.7 Å². The molecule has 2 amide bonds. The van der Waals surface area contributed by atoms with Gasteiger partial charge in [0.2, 0.25) is 0 Å². The summed E-state index contributed by atoms with van der Waals surface area (Å²) in [6, 6.07) is -1.23. The molecule has 2 atom stereocenters. The lowest BCUT2D eigenvalue weighted by Gasteiger charge is -2.57. The van der Waals surface area contributed by atoms with Gasteiger partial charge in [-0.1, -0.05) is 0 Å². The van der Waals surface area contributed by atoms with E-state index < -0.39 is 18.1 Å². The van der Waals surface area contributed by atoms with Crippen LogP contribution < -0.4 is 5.32 Å². The van der Waals surface area contributed by atoms with Gasteiger partial charge in [0.05, 0.1) is 6.10 Å². The fourth-order valence-electron chi connectivity index (χ4n) is 6.14. The molecule has 0 aromatic carbocycles. The standard InChI is InChI=1S/C17H26N2O4/c20-13-4-14(15(21)22)19(8-13)16(23)18-9-17-5-10-1-11(6-17)3-12(2-10)7-17/h10-14,20H,1-9H2,(H,18,23)(H,21,22). The number of nitrogens with zero attached hydrogens (tertiary/aromatic N) is 1. The minimum Gasteiger partial charge on any atom is -0.480 e. The molecule has 0 spiro atoms. The van der Waals surface area contributed by atoms with E-state index in [9.17, 15) is 19.8 Å². The zero-order chi connectivity index (χ0) is 16.2. The first-order chi connectivity index (χ1) is 10.9. The average Bonchev–Trinajstić information content (AvgIpc) is 2.86. The van der Waals surface area contributed by atoms with Crippen LogP contribution in [0.4, 0.5) is 4.79 Å². The SMILES string of the molecule is O=C(O)C1CC(O)CN1C(=O)NCC12CC3CC(CC(C3)C1)C2. The molecule has 0 radical (unpaired) electrons. The van der Waals surface area contributed by atoms with Crippen LogP contribution in [0.25, 0.3) is 0 Å². The minimum atomic E-state index is -1.04. The van der Waals surface area contributed by atoms with Crippen LogP contribution in [-0.4, -0.2) is 52.3 Å². The first-order valence-electron chi connectivity index (χ1n) is 8.89. The lowest BCUT2D eigenvalue weighted by Crippen LogP contribution is -2.54. The maximum absolute atomic E-state index is 12.4. The average molecular weight is 322 g/mol. The van der Waals surface area contributed by atoms with E-state index in [0.29, 0.717) is 6.54 Å². The molecule has 3 N–H and O–H groups in total. The molecule has 6 nitrogen and oxygen atoms in total. The van der Waals surface area contributed by atoms with Gasteiger partial charge in [-0.3, -0.25) is 0 Å². The minimum absolute atomic E-state index is 0.115. The lowest BCUT2D eigenvalue weighted by molar-refractivity contribution is -0.141. The molecular formula is C17H26N2O4. The Morgan fingerprint density at radius 3 is 2.13 bits per heavy atom. The Hall–Kier alpha value is -1.30. The summed E-state index contributed by atoms with van der Waals surface area (Å²) >= 11 is 0. The molecule has 128 valence electrons. The van der Waals surface area contributed by atoms with Crippen LogP contribution in [0.1, 0.15) is 44.9 Å². The molecule has 1 aliphatic heterocycles. The molecule has 1 saturated heterocycles. The topological polar surface area (TPSA) is 89.9 Å². The number of aliphatic carboxylic acids is 1. The van der Waals surface area contributed by atoms with Crippen LogP contribution in [0.2, 0.25) is 0 Å². The van der Waals surface area contributed by atoms with Gasteiger partial charge in [0.1, 0.15) is 6.04 Å². The molecule has 5 aliphatic rings. The van der Waals surface area contributed by atoms with E-state index in [0.717, 1.165) is 17.8 Å². The third kappa shape index (κ3) is 2.71. The van der Waals surface area contributed by atoms with Crippen molar-refractivity contribution < 1.29 is 19.8 Å². The van der Waals surface area contributed by atoms with Crippen molar-refractivity contribution in [1.82, 2.24) is 10.2 Å². The third-order valence-corrected chi connectivity index (χ3v) is 6.60. The smallest absolute Gasteiger partial charge is 0.326 e. The summed E-state index contributed by atoms with van der Waals surface area (Å²) in [5.74, 6) is 1.46. The van der Waals surface area contributed by atoms with Crippen molar-refractivity contribution in [3.05, 3.63) is 0 Å². The van der Waals surface area contributed by atoms with Gasteiger partial charge in [0, 0.05) is 19.5 Å². The number of aliphatic hydroxyl groups excluding tert-OH is 1. The van der Waals surface area contributed by atoms with Crippen LogP contribution >= 0.6 is 0 Å². The molecule has 23 heavy (non-hydrogen) atoms. The molecule has 2 unspecified atom stereocenters. The Labute approximate surface area is 136 Å². The van der Waals surface area contributed by atoms with Gasteiger partial charge in [-0.15, -0.1) is 0 Å². The number of amides is 2. The molecule has 0 aromatic heterocycles. The van der Waals surface area contributed by atoms with Crippen LogP contribution in [0.15, 0.2) is 0 Å². The molecule has 0 aromatic rings. The van der Waals surface area contributed by atoms with Crippen LogP contribution in [0.5, 0.6) is 0 Å². The van der Waals surface area contributed by atoms with E-state index in [1.807, 2.05) is 0 Å². The Balaban J connectivity index is 1.39. The van der Waals surface area contributed by atoms with E-state index in [1.165, 1.54) is 43.4 Å². The Bertz CT molecular complexity index is 485. The predicted molar refractivity (Wildman–Crippen MR) is 82.8 cm³/mol. The summed E-state index contributed by atoms with van der Waals surface area (Å²) in [5.41, 5.74) is 0.238. The van der Waals surface area contributed by atoms with Gasteiger partial charge < -0.3 is 20.4 Å². The first kappa shape index (κ1) is 15.2. The number of β-amino-alcohol motifs (C(OH)–C–C–N with tert-alkyl or cyclic N) is 1. The lowest BCUT2D eigenvalue weighted by atomic mass is 9.49. The van der Waals surface area contributed by atoms with Crippen molar-refractivity contribution in [1.29, 1.82) is 0 Å². The van der Waals surface area contributed by atoms with Crippen molar-refractivity contribution in [2.24, 2.45) is 23.2 Å². The Morgan fingerprint density at radius 1 is 1.04 bits per heavy atom. The highest BCUT2D eigenvalue weighted by molar-refractivity contribution is 5.83. The molecule has 6 heteroatoms. The van der Waals surface area contributed by atoms with E-state index in [-0.39, 0.29) is 24.4 Å². The molecular weight excluding hydrogens is 296 g/mol. The second-order valence-electron chi connectivity index (χ2n) is 8.47. The van der Waals surface area contributed by atoms with Gasteiger partial charge in [0.15, 0.2) is 0 Å². The van der Waals surface area contributed by atoms with Crippen molar-refractivity contribution in [2.45, 2.75) is 57.1 Å². The number of hydrogen-bond donors (Lipinski definition) is 3. The van der Waals surface area contributed by atoms with Crippen molar-refractivity contribution in [3.8, 4) is 0 Å². The highest BCUT2D eigenvalue weighted by atomic mass is 16.4. The summed E-state index contributed by atoms with van der Waals surface area (Å²) in [5, 5.41) is 21.9. The summed E-state index contributed by atoms with van der Waals surface area (Å²) < 4.78 is 0. The highest BCUT2D eigenvalue weighted by Crippen LogP contribution is 2.59. The van der Waals surface area contributed by atoms with Gasteiger partial charge in [-0.2, -0.15) is 0 Å². The zero-order valence-corrected chi connectivity index (χ0v) is 13.4. The van der Waals surface area contributed by atoms with Gasteiger partial charge in [-0.25, -0.2) is 9.59 Å². The summed E-state index contributed by atoms with van der Waals surface area (Å²) in [6.07, 6.45) is 7.13. The summed E-state index contributed by atoms with van der Waals surface area (Å²) in [7, 11) is 0. The third-order valence-electron chi connectivity index (χ3n) is 6.60. The number of carbonyl (C=O) groups is 2. The monoisotopic (exact) mass is 322 g/mol. The molecule has 4 aliphatic carbocycles. The van der Waals surface area contributed by atoms with E-state index in [1.54, 1.807) is 0 Å². The highest BCUT2D eigenvalue weighted by Gasteiger charge is 2.51. The van der Waals surface area contributed by atoms with Crippen LogP contribution in [0, 0.1) is 23.2 Å². The van der Waals surface area contributed by atoms with Crippen molar-refractivity contribution in [2.75, 3.05) is 13.1 Å². The Kier molecular flexibility index (Phi) is 3.55. The number of aliphatic hydroxyl groups is 1. The zero-order valence-electron chi connectivity index (χ0n) is 13.4. The number of carboxylic acid groups (broad SMARTS) is 1. The molecule has 4 saturated carbocycles. The molecule has 1 heterocycles. The number of hydrogen-bond acceptors (Lipinski definition) is 3. The molecule has 5 fully saturated rings. The number of likely N-dealkylation sites (tertiary alicyclic amines) is 1. The number of urea groups is 1. The second kappa shape index (κ2) is 5.36. The van der Waals surface area contributed by atoms with Crippen LogP contribution in [0.3, 0.4) is 0 Å². The number of nitrogens with one attached hydrogen (secondary N) is 1. The van der Waals surface area contributed by atoms with Gasteiger partial charge >= 0.3 is 12.0 Å². The maximum atomic E-state index is 12.4. The van der Waals surface area contributed by atoms with E-state index in [2.05, 4.69) is 5.32 Å². The summed E-state index contributed by atoms with van der Waals surface area (Å²) in [4.78, 5) is 25.0. The van der Waals surface area contributed by atoms with Crippen LogP contribution in [-0.2, 0) is 4.79 Å². The van der Waals surface area contributed by atoms with E-state index >= 15 is 0 Å². The molecule has 5 rings (SSSR count). The van der Waals surface area contributed by atoms with Crippen molar-refractivity contribution in [3.63, 3.8) is 0 Å².